The first-order valence-electron chi connectivity index (χ1n) is 3.48. The summed E-state index contributed by atoms with van der Waals surface area (Å²) in [5, 5.41) is 17.5. The van der Waals surface area contributed by atoms with Crippen LogP contribution in [0.3, 0.4) is 0 Å². The third kappa shape index (κ3) is 2.23. The predicted molar refractivity (Wildman–Crippen MR) is 51.7 cm³/mol. The van der Waals surface area contributed by atoms with Crippen molar-refractivity contribution in [2.24, 2.45) is 0 Å². The number of halogens is 3. The predicted octanol–water partition coefficient (Wildman–Crippen LogP) is 2.36. The Labute approximate surface area is 92.2 Å². The van der Waals surface area contributed by atoms with E-state index in [1.54, 1.807) is 0 Å². The van der Waals surface area contributed by atoms with Crippen LogP contribution < -0.4 is 0 Å². The molecule has 76 valence electrons. The summed E-state index contributed by atoms with van der Waals surface area (Å²) in [6.45, 7) is 0. The normalized spacial score (nSPS) is 12.6. The first kappa shape index (κ1) is 11.4. The highest BCUT2D eigenvalue weighted by atomic mass is 79.9. The fourth-order valence-electron chi connectivity index (χ4n) is 0.881. The van der Waals surface area contributed by atoms with Crippen LogP contribution in [-0.2, 0) is 4.79 Å². The molecule has 0 heterocycles. The van der Waals surface area contributed by atoms with Gasteiger partial charge in [0.2, 0.25) is 0 Å². The number of aliphatic carboxylic acids is 1. The van der Waals surface area contributed by atoms with E-state index in [0.717, 1.165) is 12.1 Å². The van der Waals surface area contributed by atoms with E-state index >= 15 is 0 Å². The molecule has 1 atom stereocenters. The van der Waals surface area contributed by atoms with Crippen molar-refractivity contribution >= 4 is 33.5 Å². The molecule has 14 heavy (non-hydrogen) atoms. The zero-order valence-corrected chi connectivity index (χ0v) is 9.01. The van der Waals surface area contributed by atoms with E-state index in [9.17, 15) is 14.3 Å². The third-order valence-electron chi connectivity index (χ3n) is 1.57. The van der Waals surface area contributed by atoms with Gasteiger partial charge in [-0.15, -0.1) is 0 Å². The molecule has 0 radical (unpaired) electrons. The molecule has 0 saturated carbocycles. The molecule has 2 N–H and O–H groups in total. The van der Waals surface area contributed by atoms with Crippen LogP contribution in [0.25, 0.3) is 0 Å². The molecule has 0 aliphatic rings. The maximum Gasteiger partial charge on any atom is 0.337 e. The molecule has 0 spiro atoms. The van der Waals surface area contributed by atoms with Gasteiger partial charge in [-0.2, -0.15) is 0 Å². The molecule has 0 aliphatic carbocycles. The lowest BCUT2D eigenvalue weighted by Crippen LogP contribution is -2.11. The Balaban J connectivity index is 3.22. The van der Waals surface area contributed by atoms with Gasteiger partial charge in [0.1, 0.15) is 5.82 Å². The van der Waals surface area contributed by atoms with Crippen LogP contribution in [0.4, 0.5) is 4.39 Å². The van der Waals surface area contributed by atoms with Gasteiger partial charge >= 0.3 is 5.97 Å². The van der Waals surface area contributed by atoms with Crippen LogP contribution in [0.1, 0.15) is 11.7 Å². The minimum absolute atomic E-state index is 0.0175. The van der Waals surface area contributed by atoms with E-state index in [1.165, 1.54) is 0 Å². The highest BCUT2D eigenvalue weighted by Gasteiger charge is 2.20. The monoisotopic (exact) mass is 282 g/mol. The van der Waals surface area contributed by atoms with Crippen molar-refractivity contribution in [2.45, 2.75) is 6.10 Å². The van der Waals surface area contributed by atoms with Crippen LogP contribution in [0.15, 0.2) is 16.6 Å². The van der Waals surface area contributed by atoms with Gasteiger partial charge in [0.25, 0.3) is 0 Å². The second-order valence-electron chi connectivity index (χ2n) is 2.53. The number of aliphatic hydroxyl groups excluding tert-OH is 1. The molecule has 6 heteroatoms. The van der Waals surface area contributed by atoms with Crippen molar-refractivity contribution in [3.63, 3.8) is 0 Å². The second kappa shape index (κ2) is 4.25. The Morgan fingerprint density at radius 3 is 2.64 bits per heavy atom. The lowest BCUT2D eigenvalue weighted by Gasteiger charge is -2.08. The molecule has 1 aromatic carbocycles. The largest absolute Gasteiger partial charge is 0.479 e. The maximum atomic E-state index is 12.8. The van der Waals surface area contributed by atoms with Crippen molar-refractivity contribution in [2.75, 3.05) is 0 Å². The van der Waals surface area contributed by atoms with Gasteiger partial charge in [-0.05, 0) is 12.1 Å². The fraction of sp³-hybridized carbons (Fsp3) is 0.125. The average Bonchev–Trinajstić information content (AvgIpc) is 2.10. The van der Waals surface area contributed by atoms with Gasteiger partial charge in [-0.3, -0.25) is 0 Å². The fourth-order valence-corrected chi connectivity index (χ4v) is 1.58. The third-order valence-corrected chi connectivity index (χ3v) is 2.54. The molecule has 0 saturated heterocycles. The lowest BCUT2D eigenvalue weighted by molar-refractivity contribution is -0.147. The second-order valence-corrected chi connectivity index (χ2v) is 3.79. The SMILES string of the molecule is O=C(O)C(O)c1cc(Cl)c(F)cc1Br. The lowest BCUT2D eigenvalue weighted by atomic mass is 10.1. The quantitative estimate of drug-likeness (QED) is 0.819. The molecular formula is C8H5BrClFO3. The van der Waals surface area contributed by atoms with E-state index in [2.05, 4.69) is 15.9 Å². The van der Waals surface area contributed by atoms with Crippen LogP contribution in [0.5, 0.6) is 0 Å². The van der Waals surface area contributed by atoms with Gasteiger partial charge < -0.3 is 10.2 Å². The Morgan fingerprint density at radius 2 is 2.14 bits per heavy atom. The van der Waals surface area contributed by atoms with E-state index in [1.807, 2.05) is 0 Å². The smallest absolute Gasteiger partial charge is 0.337 e. The molecule has 0 aliphatic heterocycles. The Bertz CT molecular complexity index is 383. The number of carboxylic acids is 1. The van der Waals surface area contributed by atoms with Crippen LogP contribution >= 0.6 is 27.5 Å². The molecule has 0 bridgehead atoms. The molecular weight excluding hydrogens is 278 g/mol. The van der Waals surface area contributed by atoms with Crippen molar-refractivity contribution in [3.05, 3.63) is 33.0 Å². The Hall–Kier alpha value is -0.650. The van der Waals surface area contributed by atoms with Crippen molar-refractivity contribution in [1.29, 1.82) is 0 Å². The molecule has 1 unspecified atom stereocenters. The van der Waals surface area contributed by atoms with Gasteiger partial charge in [-0.1, -0.05) is 27.5 Å². The average molecular weight is 283 g/mol. The summed E-state index contributed by atoms with van der Waals surface area (Å²) in [5.74, 6) is -2.10. The Kier molecular flexibility index (Phi) is 3.47. The van der Waals surface area contributed by atoms with E-state index in [4.69, 9.17) is 16.7 Å². The highest BCUT2D eigenvalue weighted by molar-refractivity contribution is 9.10. The van der Waals surface area contributed by atoms with Gasteiger partial charge in [0.05, 0.1) is 5.02 Å². The molecule has 0 aromatic heterocycles. The number of carboxylic acid groups (broad SMARTS) is 1. The zero-order chi connectivity index (χ0) is 10.9. The number of hydrogen-bond donors (Lipinski definition) is 2. The minimum Gasteiger partial charge on any atom is -0.479 e. The van der Waals surface area contributed by atoms with Gasteiger partial charge in [-0.25, -0.2) is 9.18 Å². The number of aliphatic hydroxyl groups is 1. The highest BCUT2D eigenvalue weighted by Crippen LogP contribution is 2.29. The molecule has 3 nitrogen and oxygen atoms in total. The van der Waals surface area contributed by atoms with Crippen molar-refractivity contribution in [3.8, 4) is 0 Å². The molecule has 0 amide bonds. The van der Waals surface area contributed by atoms with E-state index in [-0.39, 0.29) is 15.1 Å². The summed E-state index contributed by atoms with van der Waals surface area (Å²) in [4.78, 5) is 10.4. The van der Waals surface area contributed by atoms with Crippen LogP contribution in [-0.4, -0.2) is 16.2 Å². The summed E-state index contributed by atoms with van der Waals surface area (Å²) in [7, 11) is 0. The van der Waals surface area contributed by atoms with Crippen molar-refractivity contribution in [1.82, 2.24) is 0 Å². The van der Waals surface area contributed by atoms with Gasteiger partial charge in [0, 0.05) is 10.0 Å². The summed E-state index contributed by atoms with van der Waals surface area (Å²) in [6.07, 6.45) is -1.72. The van der Waals surface area contributed by atoms with Crippen LogP contribution in [0.2, 0.25) is 5.02 Å². The number of benzene rings is 1. The maximum absolute atomic E-state index is 12.8. The van der Waals surface area contributed by atoms with E-state index in [0.29, 0.717) is 0 Å². The summed E-state index contributed by atoms with van der Waals surface area (Å²) in [5.41, 5.74) is 0.0175. The molecule has 1 rings (SSSR count). The first-order chi connectivity index (χ1) is 6.43. The van der Waals surface area contributed by atoms with Crippen LogP contribution in [0, 0.1) is 5.82 Å². The van der Waals surface area contributed by atoms with Crippen molar-refractivity contribution < 1.29 is 19.4 Å². The number of hydrogen-bond acceptors (Lipinski definition) is 2. The Morgan fingerprint density at radius 1 is 1.57 bits per heavy atom. The molecule has 1 aromatic rings. The summed E-state index contributed by atoms with van der Waals surface area (Å²) in [6, 6.07) is 2.07. The zero-order valence-electron chi connectivity index (χ0n) is 6.67. The first-order valence-corrected chi connectivity index (χ1v) is 4.66. The van der Waals surface area contributed by atoms with Gasteiger partial charge in [0.15, 0.2) is 6.10 Å². The molecule has 0 fully saturated rings. The minimum atomic E-state index is -1.72. The summed E-state index contributed by atoms with van der Waals surface area (Å²) < 4.78 is 13.0. The standard InChI is InChI=1S/C8H5BrClFO3/c9-4-2-6(11)5(10)1-3(4)7(12)8(13)14/h1-2,7,12H,(H,13,14). The van der Waals surface area contributed by atoms with E-state index < -0.39 is 17.9 Å². The summed E-state index contributed by atoms with van der Waals surface area (Å²) >= 11 is 8.36. The number of rotatable bonds is 2. The number of carbonyl (C=O) groups is 1. The topological polar surface area (TPSA) is 57.5 Å².